The highest BCUT2D eigenvalue weighted by Gasteiger charge is 2.56. The second-order valence-corrected chi connectivity index (χ2v) is 6.92. The summed E-state index contributed by atoms with van der Waals surface area (Å²) in [5.74, 6) is 0. The molecule has 21 heavy (non-hydrogen) atoms. The van der Waals surface area contributed by atoms with Crippen molar-refractivity contribution < 1.29 is 4.74 Å². The van der Waals surface area contributed by atoms with Gasteiger partial charge >= 0.3 is 0 Å². The van der Waals surface area contributed by atoms with Gasteiger partial charge in [-0.1, -0.05) is 37.1 Å². The zero-order valence-corrected chi connectivity index (χ0v) is 13.7. The molecule has 0 aromatic heterocycles. The Morgan fingerprint density at radius 1 is 1.29 bits per heavy atom. The molecule has 2 aliphatic carbocycles. The second kappa shape index (κ2) is 6.10. The average molecular weight is 287 g/mol. The van der Waals surface area contributed by atoms with E-state index in [-0.39, 0.29) is 0 Å². The van der Waals surface area contributed by atoms with Crippen molar-refractivity contribution in [2.45, 2.75) is 71.1 Å². The van der Waals surface area contributed by atoms with Crippen LogP contribution in [0, 0.1) is 12.3 Å². The molecule has 0 radical (unpaired) electrons. The third-order valence-electron chi connectivity index (χ3n) is 5.79. The van der Waals surface area contributed by atoms with Crippen LogP contribution in [0.5, 0.6) is 0 Å². The van der Waals surface area contributed by atoms with Gasteiger partial charge in [0.05, 0.1) is 6.10 Å². The minimum Gasteiger partial charge on any atom is -0.378 e. The van der Waals surface area contributed by atoms with Gasteiger partial charge in [-0.05, 0) is 51.2 Å². The minimum atomic E-state index is 0.424. The number of benzene rings is 1. The van der Waals surface area contributed by atoms with Crippen LogP contribution in [0.25, 0.3) is 0 Å². The molecule has 0 amide bonds. The van der Waals surface area contributed by atoms with E-state index in [4.69, 9.17) is 4.74 Å². The summed E-state index contributed by atoms with van der Waals surface area (Å²) in [6.45, 7) is 7.49. The highest BCUT2D eigenvalue weighted by atomic mass is 16.5. The van der Waals surface area contributed by atoms with E-state index in [0.29, 0.717) is 23.6 Å². The van der Waals surface area contributed by atoms with Gasteiger partial charge < -0.3 is 10.1 Å². The fourth-order valence-electron chi connectivity index (χ4n) is 4.58. The van der Waals surface area contributed by atoms with Gasteiger partial charge in [-0.15, -0.1) is 0 Å². The van der Waals surface area contributed by atoms with Crippen molar-refractivity contribution in [2.24, 2.45) is 5.41 Å². The van der Waals surface area contributed by atoms with Gasteiger partial charge in [0.2, 0.25) is 0 Å². The minimum absolute atomic E-state index is 0.424. The summed E-state index contributed by atoms with van der Waals surface area (Å²) in [4.78, 5) is 0. The number of ether oxygens (including phenoxy) is 1. The first-order valence-electron chi connectivity index (χ1n) is 8.60. The van der Waals surface area contributed by atoms with E-state index in [0.717, 1.165) is 6.61 Å². The van der Waals surface area contributed by atoms with Crippen molar-refractivity contribution in [3.63, 3.8) is 0 Å². The summed E-state index contributed by atoms with van der Waals surface area (Å²) in [6.07, 6.45) is 7.11. The zero-order chi connectivity index (χ0) is 14.9. The van der Waals surface area contributed by atoms with Crippen LogP contribution in [0.3, 0.4) is 0 Å². The van der Waals surface area contributed by atoms with Gasteiger partial charge in [0.1, 0.15) is 0 Å². The summed E-state index contributed by atoms with van der Waals surface area (Å²) in [5, 5.41) is 3.91. The molecule has 0 aliphatic heterocycles. The highest BCUT2D eigenvalue weighted by Crippen LogP contribution is 2.55. The van der Waals surface area contributed by atoms with Crippen LogP contribution in [0.15, 0.2) is 24.3 Å². The lowest BCUT2D eigenvalue weighted by atomic mass is 9.60. The van der Waals surface area contributed by atoms with E-state index < -0.39 is 0 Å². The predicted octanol–water partition coefficient (Wildman–Crippen LogP) is 4.38. The lowest BCUT2D eigenvalue weighted by Crippen LogP contribution is -2.63. The molecular formula is C19H29NO. The molecule has 0 heterocycles. The van der Waals surface area contributed by atoms with E-state index in [9.17, 15) is 0 Å². The molecule has 2 nitrogen and oxygen atoms in total. The summed E-state index contributed by atoms with van der Waals surface area (Å²) < 4.78 is 6.02. The molecule has 2 aliphatic rings. The Morgan fingerprint density at radius 3 is 2.67 bits per heavy atom. The van der Waals surface area contributed by atoms with Crippen LogP contribution in [0.2, 0.25) is 0 Å². The number of nitrogens with one attached hydrogen (secondary N) is 1. The number of rotatable bonds is 5. The number of hydrogen-bond donors (Lipinski definition) is 1. The molecule has 2 fully saturated rings. The molecule has 1 aromatic carbocycles. The van der Waals surface area contributed by atoms with Crippen molar-refractivity contribution in [1.82, 2.24) is 5.32 Å². The van der Waals surface area contributed by atoms with Gasteiger partial charge in [-0.3, -0.25) is 0 Å². The van der Waals surface area contributed by atoms with Crippen molar-refractivity contribution in [1.29, 1.82) is 0 Å². The molecule has 2 saturated carbocycles. The third kappa shape index (κ3) is 2.64. The molecular weight excluding hydrogens is 258 g/mol. The first kappa shape index (κ1) is 15.1. The fourth-order valence-corrected chi connectivity index (χ4v) is 4.58. The predicted molar refractivity (Wildman–Crippen MR) is 87.4 cm³/mol. The summed E-state index contributed by atoms with van der Waals surface area (Å²) >= 11 is 0. The average Bonchev–Trinajstić information content (AvgIpc) is 2.99. The molecule has 2 heteroatoms. The molecule has 1 N–H and O–H groups in total. The molecule has 1 spiro atoms. The molecule has 0 saturated heterocycles. The Morgan fingerprint density at radius 2 is 2.00 bits per heavy atom. The molecule has 0 bridgehead atoms. The van der Waals surface area contributed by atoms with Crippen LogP contribution < -0.4 is 5.32 Å². The maximum atomic E-state index is 6.02. The Hall–Kier alpha value is -0.860. The van der Waals surface area contributed by atoms with Crippen LogP contribution in [-0.2, 0) is 4.74 Å². The third-order valence-corrected chi connectivity index (χ3v) is 5.79. The maximum absolute atomic E-state index is 6.02. The second-order valence-electron chi connectivity index (χ2n) is 6.92. The van der Waals surface area contributed by atoms with E-state index in [1.807, 2.05) is 0 Å². The molecule has 1 aromatic rings. The monoisotopic (exact) mass is 287 g/mol. The fraction of sp³-hybridized carbons (Fsp3) is 0.684. The lowest BCUT2D eigenvalue weighted by molar-refractivity contribution is -0.132. The Labute approximate surface area is 129 Å². The van der Waals surface area contributed by atoms with Gasteiger partial charge in [-0.2, -0.15) is 0 Å². The van der Waals surface area contributed by atoms with Gasteiger partial charge in [0.25, 0.3) is 0 Å². The van der Waals surface area contributed by atoms with Gasteiger partial charge in [0.15, 0.2) is 0 Å². The van der Waals surface area contributed by atoms with Crippen LogP contribution in [-0.4, -0.2) is 18.8 Å². The largest absolute Gasteiger partial charge is 0.378 e. The van der Waals surface area contributed by atoms with E-state index in [1.165, 1.54) is 43.2 Å². The topological polar surface area (TPSA) is 21.3 Å². The summed E-state index contributed by atoms with van der Waals surface area (Å²) in [7, 11) is 0. The molecule has 3 rings (SSSR count). The maximum Gasteiger partial charge on any atom is 0.0661 e. The Bertz CT molecular complexity index is 478. The normalized spacial score (nSPS) is 28.5. The quantitative estimate of drug-likeness (QED) is 0.867. The van der Waals surface area contributed by atoms with Crippen molar-refractivity contribution in [2.75, 3.05) is 6.61 Å². The van der Waals surface area contributed by atoms with Crippen molar-refractivity contribution in [3.8, 4) is 0 Å². The first-order chi connectivity index (χ1) is 10.2. The zero-order valence-electron chi connectivity index (χ0n) is 13.7. The SMILES string of the molecule is CCOC1CC(N[C@H](C)c2ccccc2C)C12CCCC2. The first-order valence-corrected chi connectivity index (χ1v) is 8.60. The van der Waals surface area contributed by atoms with Crippen LogP contribution in [0.1, 0.15) is 63.1 Å². The Balaban J connectivity index is 1.69. The summed E-state index contributed by atoms with van der Waals surface area (Å²) in [5.41, 5.74) is 3.25. The molecule has 3 atom stereocenters. The number of aryl methyl sites for hydroxylation is 1. The highest BCUT2D eigenvalue weighted by molar-refractivity contribution is 5.28. The Kier molecular flexibility index (Phi) is 4.37. The molecule has 2 unspecified atom stereocenters. The van der Waals surface area contributed by atoms with Gasteiger partial charge in [-0.25, -0.2) is 0 Å². The van der Waals surface area contributed by atoms with Crippen molar-refractivity contribution in [3.05, 3.63) is 35.4 Å². The summed E-state index contributed by atoms with van der Waals surface area (Å²) in [6, 6.07) is 9.80. The van der Waals surface area contributed by atoms with E-state index in [2.05, 4.69) is 50.4 Å². The van der Waals surface area contributed by atoms with Crippen LogP contribution >= 0.6 is 0 Å². The van der Waals surface area contributed by atoms with E-state index in [1.54, 1.807) is 0 Å². The van der Waals surface area contributed by atoms with Crippen LogP contribution in [0.4, 0.5) is 0 Å². The smallest absolute Gasteiger partial charge is 0.0661 e. The standard InChI is InChI=1S/C19H29NO/c1-4-21-18-13-17(19(18)11-7-8-12-19)20-15(3)16-10-6-5-9-14(16)2/h5-6,9-10,15,17-18,20H,4,7-8,11-13H2,1-3H3/t15-,17?,18?/m1/s1. The molecule has 116 valence electrons. The lowest BCUT2D eigenvalue weighted by Gasteiger charge is -2.55. The van der Waals surface area contributed by atoms with Gasteiger partial charge in [0, 0.05) is 24.1 Å². The number of hydrogen-bond acceptors (Lipinski definition) is 2. The van der Waals surface area contributed by atoms with E-state index >= 15 is 0 Å². The van der Waals surface area contributed by atoms with Crippen molar-refractivity contribution >= 4 is 0 Å².